The van der Waals surface area contributed by atoms with E-state index in [0.29, 0.717) is 25.1 Å². The molecular weight excluding hydrogens is 408 g/mol. The molecule has 0 fully saturated rings. The molecule has 156 valence electrons. The second-order valence-electron chi connectivity index (χ2n) is 7.43. The van der Waals surface area contributed by atoms with Crippen LogP contribution in [0.2, 0.25) is 0 Å². The van der Waals surface area contributed by atoms with Crippen molar-refractivity contribution < 1.29 is 17.2 Å². The lowest BCUT2D eigenvalue weighted by Crippen LogP contribution is -2.35. The van der Waals surface area contributed by atoms with Gasteiger partial charge in [0.2, 0.25) is 10.0 Å². The summed E-state index contributed by atoms with van der Waals surface area (Å²) >= 11 is 0. The lowest BCUT2D eigenvalue weighted by Gasteiger charge is -2.28. The molecule has 1 aliphatic rings. The number of benzene rings is 2. The minimum absolute atomic E-state index is 0.0939. The summed E-state index contributed by atoms with van der Waals surface area (Å²) < 4.78 is 52.7. The van der Waals surface area contributed by atoms with Crippen LogP contribution in [-0.4, -0.2) is 30.5 Å². The number of rotatable bonds is 4. The van der Waals surface area contributed by atoms with E-state index in [0.717, 1.165) is 40.3 Å². The summed E-state index contributed by atoms with van der Waals surface area (Å²) in [6, 6.07) is 12.1. The van der Waals surface area contributed by atoms with Gasteiger partial charge in [0, 0.05) is 36.1 Å². The minimum atomic E-state index is -3.24. The number of hydrogen-bond donors (Lipinski definition) is 1. The van der Waals surface area contributed by atoms with E-state index in [1.54, 1.807) is 6.07 Å². The van der Waals surface area contributed by atoms with Crippen LogP contribution < -0.4 is 5.32 Å². The Balaban J connectivity index is 1.67. The van der Waals surface area contributed by atoms with Gasteiger partial charge in [0.05, 0.1) is 12.5 Å². The van der Waals surface area contributed by atoms with E-state index in [2.05, 4.69) is 10.3 Å². The summed E-state index contributed by atoms with van der Waals surface area (Å²) in [7, 11) is -3.24. The summed E-state index contributed by atoms with van der Waals surface area (Å²) in [6.07, 6.45) is 2.81. The van der Waals surface area contributed by atoms with Gasteiger partial charge in [-0.15, -0.1) is 0 Å². The normalized spacial score (nSPS) is 14.4. The van der Waals surface area contributed by atoms with Crippen molar-refractivity contribution in [3.8, 4) is 11.3 Å². The van der Waals surface area contributed by atoms with Gasteiger partial charge in [-0.25, -0.2) is 17.2 Å². The molecule has 0 unspecified atom stereocenters. The van der Waals surface area contributed by atoms with Crippen LogP contribution >= 0.6 is 0 Å². The van der Waals surface area contributed by atoms with Crippen LogP contribution in [0.25, 0.3) is 11.3 Å². The number of aromatic nitrogens is 1. The monoisotopic (exact) mass is 429 g/mol. The Labute approximate surface area is 174 Å². The van der Waals surface area contributed by atoms with Crippen molar-refractivity contribution >= 4 is 21.4 Å². The van der Waals surface area contributed by atoms with Crippen LogP contribution in [0, 0.1) is 18.6 Å². The number of nitrogens with one attached hydrogen (secondary N) is 1. The van der Waals surface area contributed by atoms with Gasteiger partial charge in [-0.2, -0.15) is 4.31 Å². The number of aryl methyl sites for hydroxylation is 1. The Kier molecular flexibility index (Phi) is 5.29. The van der Waals surface area contributed by atoms with E-state index < -0.39 is 21.7 Å². The molecule has 0 saturated carbocycles. The molecule has 2 aromatic carbocycles. The first-order valence-electron chi connectivity index (χ1n) is 9.47. The molecule has 0 saturated heterocycles. The number of nitrogens with zero attached hydrogens (tertiary/aromatic N) is 2. The quantitative estimate of drug-likeness (QED) is 0.668. The van der Waals surface area contributed by atoms with E-state index in [-0.39, 0.29) is 5.69 Å². The molecule has 0 bridgehead atoms. The number of anilines is 2. The van der Waals surface area contributed by atoms with Crippen molar-refractivity contribution in [3.05, 3.63) is 77.0 Å². The molecule has 8 heteroatoms. The highest BCUT2D eigenvalue weighted by Gasteiger charge is 2.24. The summed E-state index contributed by atoms with van der Waals surface area (Å²) in [4.78, 5) is 3.92. The van der Waals surface area contributed by atoms with Crippen molar-refractivity contribution in [2.24, 2.45) is 0 Å². The first-order valence-corrected chi connectivity index (χ1v) is 11.3. The molecule has 1 N–H and O–H groups in total. The van der Waals surface area contributed by atoms with Crippen LogP contribution in [0.15, 0.2) is 48.7 Å². The number of sulfonamides is 1. The highest BCUT2D eigenvalue weighted by Crippen LogP contribution is 2.32. The molecular formula is C22H21F2N3O2S. The molecule has 0 spiro atoms. The molecule has 1 aromatic heterocycles. The van der Waals surface area contributed by atoms with Gasteiger partial charge in [0.25, 0.3) is 0 Å². The highest BCUT2D eigenvalue weighted by molar-refractivity contribution is 7.88. The fourth-order valence-corrected chi connectivity index (χ4v) is 4.50. The van der Waals surface area contributed by atoms with Crippen molar-refractivity contribution in [1.29, 1.82) is 0 Å². The van der Waals surface area contributed by atoms with Crippen LogP contribution in [-0.2, 0) is 23.0 Å². The molecule has 0 amide bonds. The number of pyridine rings is 1. The molecule has 5 nitrogen and oxygen atoms in total. The molecule has 3 aromatic rings. The van der Waals surface area contributed by atoms with Crippen molar-refractivity contribution in [1.82, 2.24) is 9.29 Å². The van der Waals surface area contributed by atoms with Crippen LogP contribution in [0.4, 0.5) is 20.2 Å². The van der Waals surface area contributed by atoms with E-state index >= 15 is 0 Å². The second-order valence-corrected chi connectivity index (χ2v) is 9.41. The summed E-state index contributed by atoms with van der Waals surface area (Å²) in [5.41, 5.74) is 5.11. The van der Waals surface area contributed by atoms with Gasteiger partial charge < -0.3 is 5.32 Å². The Morgan fingerprint density at radius 1 is 1.13 bits per heavy atom. The molecule has 30 heavy (non-hydrogen) atoms. The first-order chi connectivity index (χ1) is 14.2. The number of hydrogen-bond acceptors (Lipinski definition) is 4. The predicted molar refractivity (Wildman–Crippen MR) is 113 cm³/mol. The Morgan fingerprint density at radius 3 is 2.67 bits per heavy atom. The van der Waals surface area contributed by atoms with Gasteiger partial charge in [-0.05, 0) is 48.2 Å². The fraction of sp³-hybridized carbons (Fsp3) is 0.227. The number of fused-ring (bicyclic) bond motifs is 1. The maximum absolute atomic E-state index is 14.3. The lowest BCUT2D eigenvalue weighted by molar-refractivity contribution is 0.395. The van der Waals surface area contributed by atoms with Crippen LogP contribution in [0.1, 0.15) is 16.7 Å². The topological polar surface area (TPSA) is 62.3 Å². The summed E-state index contributed by atoms with van der Waals surface area (Å²) in [6.45, 7) is 2.61. The second kappa shape index (κ2) is 7.77. The molecule has 0 radical (unpaired) electrons. The third kappa shape index (κ3) is 4.06. The molecule has 0 aliphatic carbocycles. The number of halogens is 2. The van der Waals surface area contributed by atoms with E-state index in [9.17, 15) is 17.2 Å². The first kappa shape index (κ1) is 20.4. The van der Waals surface area contributed by atoms with Crippen LogP contribution in [0.3, 0.4) is 0 Å². The van der Waals surface area contributed by atoms with Crippen molar-refractivity contribution in [3.63, 3.8) is 0 Å². The van der Waals surface area contributed by atoms with Gasteiger partial charge in [0.1, 0.15) is 11.5 Å². The largest absolute Gasteiger partial charge is 0.355 e. The molecule has 1 aliphatic heterocycles. The molecule has 0 atom stereocenters. The van der Waals surface area contributed by atoms with Gasteiger partial charge in [-0.3, -0.25) is 4.98 Å². The average Bonchev–Trinajstić information content (AvgIpc) is 2.69. The third-order valence-corrected chi connectivity index (χ3v) is 6.53. The van der Waals surface area contributed by atoms with Crippen molar-refractivity contribution in [2.45, 2.75) is 19.9 Å². The van der Waals surface area contributed by atoms with Gasteiger partial charge >= 0.3 is 0 Å². The summed E-state index contributed by atoms with van der Waals surface area (Å²) in [5.74, 6) is -1.43. The van der Waals surface area contributed by atoms with E-state index in [1.807, 2.05) is 37.3 Å². The average molecular weight is 429 g/mol. The van der Waals surface area contributed by atoms with Gasteiger partial charge in [-0.1, -0.05) is 18.2 Å². The minimum Gasteiger partial charge on any atom is -0.355 e. The standard InChI is InChI=1S/C22H21F2N3O2S/c1-14-6-7-17(11-19(14)22-20(24)10-16(23)12-25-22)26-21-5-3-4-15-13-27(30(2,28)29)9-8-18(15)21/h3-7,10-12,26H,8-9,13H2,1-2H3. The van der Waals surface area contributed by atoms with Crippen LogP contribution in [0.5, 0.6) is 0 Å². The van der Waals surface area contributed by atoms with Crippen molar-refractivity contribution in [2.75, 3.05) is 18.1 Å². The third-order valence-electron chi connectivity index (χ3n) is 5.28. The SMILES string of the molecule is Cc1ccc(Nc2cccc3c2CCN(S(C)(=O)=O)C3)cc1-c1ncc(F)cc1F. The zero-order valence-electron chi connectivity index (χ0n) is 16.6. The Morgan fingerprint density at radius 2 is 1.93 bits per heavy atom. The smallest absolute Gasteiger partial charge is 0.211 e. The maximum atomic E-state index is 14.3. The Bertz CT molecular complexity index is 1230. The maximum Gasteiger partial charge on any atom is 0.211 e. The zero-order valence-corrected chi connectivity index (χ0v) is 17.4. The molecule has 2 heterocycles. The molecule has 4 rings (SSSR count). The van der Waals surface area contributed by atoms with Gasteiger partial charge in [0.15, 0.2) is 5.82 Å². The van der Waals surface area contributed by atoms with E-state index in [4.69, 9.17) is 0 Å². The summed E-state index contributed by atoms with van der Waals surface area (Å²) in [5, 5.41) is 3.36. The zero-order chi connectivity index (χ0) is 21.5. The highest BCUT2D eigenvalue weighted by atomic mass is 32.2. The van der Waals surface area contributed by atoms with E-state index in [1.165, 1.54) is 10.6 Å². The predicted octanol–water partition coefficient (Wildman–Crippen LogP) is 4.40. The lowest BCUT2D eigenvalue weighted by atomic mass is 9.98. The fourth-order valence-electron chi connectivity index (χ4n) is 3.71. The Hall–Kier alpha value is -2.84.